The van der Waals surface area contributed by atoms with Gasteiger partial charge in [0.2, 0.25) is 0 Å². The highest BCUT2D eigenvalue weighted by molar-refractivity contribution is 9.10. The molecule has 0 unspecified atom stereocenters. The molecule has 1 aliphatic rings. The van der Waals surface area contributed by atoms with Gasteiger partial charge in [-0.1, -0.05) is 22.0 Å². The van der Waals surface area contributed by atoms with Crippen molar-refractivity contribution in [3.05, 3.63) is 63.6 Å². The van der Waals surface area contributed by atoms with Gasteiger partial charge in [-0.25, -0.2) is 8.78 Å². The molecule has 3 rings (SSSR count). The van der Waals surface area contributed by atoms with E-state index in [1.807, 2.05) is 6.07 Å². The zero-order valence-corrected chi connectivity index (χ0v) is 15.9. The predicted molar refractivity (Wildman–Crippen MR) is 98.2 cm³/mol. The predicted octanol–water partition coefficient (Wildman–Crippen LogP) is 3.69. The summed E-state index contributed by atoms with van der Waals surface area (Å²) in [5, 5.41) is 0. The van der Waals surface area contributed by atoms with Crippen LogP contribution in [0.15, 0.2) is 40.9 Å². The van der Waals surface area contributed by atoms with Gasteiger partial charge in [-0.15, -0.1) is 0 Å². The van der Waals surface area contributed by atoms with Gasteiger partial charge in [0, 0.05) is 37.2 Å². The van der Waals surface area contributed by atoms with Crippen LogP contribution in [0.5, 0.6) is 5.75 Å². The SMILES string of the molecule is COc1ccc(CN2CCN(C(=O)c3ccc(Br)cc3F)CC2)cc1F. The molecule has 0 radical (unpaired) electrons. The van der Waals surface area contributed by atoms with Crippen LogP contribution in [0, 0.1) is 11.6 Å². The molecule has 0 aromatic heterocycles. The number of ether oxygens (including phenoxy) is 1. The molecule has 0 spiro atoms. The van der Waals surface area contributed by atoms with Crippen LogP contribution < -0.4 is 4.74 Å². The average Bonchev–Trinajstić information content (AvgIpc) is 2.62. The van der Waals surface area contributed by atoms with Gasteiger partial charge in [0.15, 0.2) is 11.6 Å². The van der Waals surface area contributed by atoms with E-state index < -0.39 is 5.82 Å². The quantitative estimate of drug-likeness (QED) is 0.749. The molecule has 1 fully saturated rings. The fourth-order valence-corrected chi connectivity index (χ4v) is 3.34. The number of hydrogen-bond acceptors (Lipinski definition) is 3. The Morgan fingerprint density at radius 2 is 1.81 bits per heavy atom. The number of benzene rings is 2. The topological polar surface area (TPSA) is 32.8 Å². The number of carbonyl (C=O) groups excluding carboxylic acids is 1. The summed E-state index contributed by atoms with van der Waals surface area (Å²) in [6.07, 6.45) is 0. The fourth-order valence-electron chi connectivity index (χ4n) is 3.01. The first-order valence-corrected chi connectivity index (χ1v) is 9.06. The lowest BCUT2D eigenvalue weighted by atomic mass is 10.1. The van der Waals surface area contributed by atoms with Crippen molar-refractivity contribution in [3.8, 4) is 5.75 Å². The zero-order chi connectivity index (χ0) is 18.7. The number of rotatable bonds is 4. The monoisotopic (exact) mass is 424 g/mol. The van der Waals surface area contributed by atoms with E-state index >= 15 is 0 Å². The molecule has 2 aromatic carbocycles. The molecule has 4 nitrogen and oxygen atoms in total. The summed E-state index contributed by atoms with van der Waals surface area (Å²) in [6.45, 7) is 2.91. The van der Waals surface area contributed by atoms with Gasteiger partial charge >= 0.3 is 0 Å². The molecule has 0 bridgehead atoms. The second-order valence-electron chi connectivity index (χ2n) is 6.16. The number of nitrogens with zero attached hydrogens (tertiary/aromatic N) is 2. The largest absolute Gasteiger partial charge is 0.494 e. The van der Waals surface area contributed by atoms with Crippen LogP contribution in [-0.2, 0) is 6.54 Å². The van der Waals surface area contributed by atoms with E-state index in [1.165, 1.54) is 25.3 Å². The van der Waals surface area contributed by atoms with Gasteiger partial charge in [-0.05, 0) is 35.9 Å². The third-order valence-electron chi connectivity index (χ3n) is 4.44. The van der Waals surface area contributed by atoms with Crippen LogP contribution in [-0.4, -0.2) is 49.0 Å². The normalized spacial score (nSPS) is 15.2. The second-order valence-corrected chi connectivity index (χ2v) is 7.08. The molecule has 0 saturated carbocycles. The van der Waals surface area contributed by atoms with Crippen molar-refractivity contribution in [1.29, 1.82) is 0 Å². The van der Waals surface area contributed by atoms with E-state index in [0.717, 1.165) is 5.56 Å². The van der Waals surface area contributed by atoms with Gasteiger partial charge in [-0.3, -0.25) is 9.69 Å². The molecule has 1 saturated heterocycles. The first kappa shape index (κ1) is 18.8. The number of amides is 1. The molecule has 0 aliphatic carbocycles. The number of methoxy groups -OCH3 is 1. The Hall–Kier alpha value is -1.99. The lowest BCUT2D eigenvalue weighted by Gasteiger charge is -2.34. The van der Waals surface area contributed by atoms with Gasteiger partial charge in [-0.2, -0.15) is 0 Å². The zero-order valence-electron chi connectivity index (χ0n) is 14.3. The van der Waals surface area contributed by atoms with E-state index in [-0.39, 0.29) is 23.0 Å². The van der Waals surface area contributed by atoms with Gasteiger partial charge in [0.05, 0.1) is 12.7 Å². The van der Waals surface area contributed by atoms with E-state index in [2.05, 4.69) is 20.8 Å². The summed E-state index contributed by atoms with van der Waals surface area (Å²) in [5.41, 5.74) is 0.931. The summed E-state index contributed by atoms with van der Waals surface area (Å²) in [7, 11) is 1.43. The van der Waals surface area contributed by atoms with Crippen LogP contribution in [0.2, 0.25) is 0 Å². The van der Waals surface area contributed by atoms with Crippen molar-refractivity contribution in [3.63, 3.8) is 0 Å². The molecular weight excluding hydrogens is 406 g/mol. The summed E-state index contributed by atoms with van der Waals surface area (Å²) < 4.78 is 33.3. The molecule has 1 amide bonds. The first-order chi connectivity index (χ1) is 12.5. The van der Waals surface area contributed by atoms with E-state index in [9.17, 15) is 13.6 Å². The van der Waals surface area contributed by atoms with Gasteiger partial charge in [0.25, 0.3) is 5.91 Å². The second kappa shape index (κ2) is 8.14. The van der Waals surface area contributed by atoms with Crippen LogP contribution in [0.1, 0.15) is 15.9 Å². The molecule has 1 heterocycles. The average molecular weight is 425 g/mol. The van der Waals surface area contributed by atoms with Crippen molar-refractivity contribution >= 4 is 21.8 Å². The lowest BCUT2D eigenvalue weighted by Crippen LogP contribution is -2.48. The number of hydrogen-bond donors (Lipinski definition) is 0. The van der Waals surface area contributed by atoms with Crippen LogP contribution in [0.3, 0.4) is 0 Å². The molecule has 26 heavy (non-hydrogen) atoms. The Morgan fingerprint density at radius 3 is 2.42 bits per heavy atom. The minimum absolute atomic E-state index is 0.0823. The van der Waals surface area contributed by atoms with Gasteiger partial charge < -0.3 is 9.64 Å². The Kier molecular flexibility index (Phi) is 5.88. The summed E-state index contributed by atoms with van der Waals surface area (Å²) in [4.78, 5) is 16.3. The lowest BCUT2D eigenvalue weighted by molar-refractivity contribution is 0.0624. The Balaban J connectivity index is 1.58. The van der Waals surface area contributed by atoms with Crippen molar-refractivity contribution in [2.24, 2.45) is 0 Å². The highest BCUT2D eigenvalue weighted by Crippen LogP contribution is 2.20. The highest BCUT2D eigenvalue weighted by atomic mass is 79.9. The van der Waals surface area contributed by atoms with Crippen LogP contribution >= 0.6 is 15.9 Å². The summed E-state index contributed by atoms with van der Waals surface area (Å²) in [5.74, 6) is -0.990. The maximum absolute atomic E-state index is 14.0. The Labute approximate surface area is 159 Å². The van der Waals surface area contributed by atoms with Crippen LogP contribution in [0.4, 0.5) is 8.78 Å². The fraction of sp³-hybridized carbons (Fsp3) is 0.316. The minimum Gasteiger partial charge on any atom is -0.494 e. The van der Waals surface area contributed by atoms with Crippen molar-refractivity contribution in [1.82, 2.24) is 9.80 Å². The van der Waals surface area contributed by atoms with Crippen molar-refractivity contribution in [2.45, 2.75) is 6.54 Å². The standard InChI is InChI=1S/C19H19BrF2N2O2/c1-26-18-5-2-13(10-17(18)22)12-23-6-8-24(9-7-23)19(25)15-4-3-14(20)11-16(15)21/h2-5,10-11H,6-9,12H2,1H3. The Morgan fingerprint density at radius 1 is 1.08 bits per heavy atom. The molecule has 7 heteroatoms. The number of halogens is 3. The van der Waals surface area contributed by atoms with Crippen molar-refractivity contribution in [2.75, 3.05) is 33.3 Å². The van der Waals surface area contributed by atoms with Gasteiger partial charge in [0.1, 0.15) is 5.82 Å². The molecule has 1 aliphatic heterocycles. The number of piperazine rings is 1. The summed E-state index contributed by atoms with van der Waals surface area (Å²) >= 11 is 3.19. The van der Waals surface area contributed by atoms with Crippen LogP contribution in [0.25, 0.3) is 0 Å². The molecule has 0 N–H and O–H groups in total. The number of carbonyl (C=O) groups is 1. The first-order valence-electron chi connectivity index (χ1n) is 8.27. The maximum atomic E-state index is 14.0. The maximum Gasteiger partial charge on any atom is 0.256 e. The molecule has 0 atom stereocenters. The smallest absolute Gasteiger partial charge is 0.256 e. The third-order valence-corrected chi connectivity index (χ3v) is 4.94. The van der Waals surface area contributed by atoms with E-state index in [0.29, 0.717) is 37.2 Å². The molecule has 138 valence electrons. The molecule has 2 aromatic rings. The van der Waals surface area contributed by atoms with E-state index in [4.69, 9.17) is 4.74 Å². The highest BCUT2D eigenvalue weighted by Gasteiger charge is 2.24. The third kappa shape index (κ3) is 4.22. The summed E-state index contributed by atoms with van der Waals surface area (Å²) in [6, 6.07) is 9.35. The van der Waals surface area contributed by atoms with Crippen molar-refractivity contribution < 1.29 is 18.3 Å². The Bertz CT molecular complexity index is 808. The minimum atomic E-state index is -0.527. The van der Waals surface area contributed by atoms with E-state index in [1.54, 1.807) is 17.0 Å². The molecular formula is C19H19BrF2N2O2.